The Labute approximate surface area is 158 Å². The Balaban J connectivity index is 2.13. The second-order valence-electron chi connectivity index (χ2n) is 5.53. The summed E-state index contributed by atoms with van der Waals surface area (Å²) in [6, 6.07) is 5.52. The third-order valence-electron chi connectivity index (χ3n) is 3.49. The van der Waals surface area contributed by atoms with Crippen molar-refractivity contribution < 1.29 is 31.1 Å². The van der Waals surface area contributed by atoms with E-state index in [2.05, 4.69) is 4.98 Å². The molecule has 0 aliphatic rings. The number of alkyl halides is 3. The van der Waals surface area contributed by atoms with Crippen molar-refractivity contribution in [2.45, 2.75) is 31.0 Å². The molecular formula is C16H16ClF3N2O4S. The number of benzene rings is 1. The van der Waals surface area contributed by atoms with Crippen LogP contribution in [0.5, 0.6) is 5.75 Å². The molecule has 0 radical (unpaired) electrons. The number of hydrogen-bond acceptors (Lipinski definition) is 5. The molecule has 0 N–H and O–H groups in total. The number of carbonyl (C=O) groups excluding carboxylic acids is 1. The topological polar surface area (TPSA) is 78.3 Å². The molecule has 0 unspecified atom stereocenters. The minimum atomic E-state index is -4.39. The number of aryl methyl sites for hydroxylation is 1. The van der Waals surface area contributed by atoms with E-state index in [1.165, 1.54) is 24.3 Å². The summed E-state index contributed by atoms with van der Waals surface area (Å²) in [4.78, 5) is 15.8. The number of Topliss-reactive ketones (excluding diaryl/α,β-unsaturated/α-hetero) is 1. The van der Waals surface area contributed by atoms with Crippen molar-refractivity contribution in [2.24, 2.45) is 0 Å². The van der Waals surface area contributed by atoms with Gasteiger partial charge in [-0.25, -0.2) is 13.4 Å². The van der Waals surface area contributed by atoms with E-state index in [0.717, 1.165) is 10.9 Å². The number of carbonyl (C=O) groups is 1. The smallest absolute Gasteiger partial charge is 0.390 e. The standard InChI is InChI=1S/C16H16ClF3N2O4S/c1-2-26-11-3-5-12(6-4-11)27(24,25)9-13(23)14-15(17)22(10-21-14)8-7-16(18,19)20/h3-6,10H,2,7-9H2,1H3. The zero-order valence-electron chi connectivity index (χ0n) is 14.2. The van der Waals surface area contributed by atoms with Crippen molar-refractivity contribution in [3.05, 3.63) is 41.4 Å². The molecule has 0 atom stereocenters. The van der Waals surface area contributed by atoms with E-state index in [9.17, 15) is 26.4 Å². The van der Waals surface area contributed by atoms with Crippen LogP contribution in [0.25, 0.3) is 0 Å². The maximum absolute atomic E-state index is 12.4. The quantitative estimate of drug-likeness (QED) is 0.605. The molecule has 0 aliphatic carbocycles. The van der Waals surface area contributed by atoms with Gasteiger partial charge < -0.3 is 9.30 Å². The van der Waals surface area contributed by atoms with Gasteiger partial charge in [-0.05, 0) is 31.2 Å². The van der Waals surface area contributed by atoms with E-state index in [4.69, 9.17) is 16.3 Å². The van der Waals surface area contributed by atoms with Crippen LogP contribution >= 0.6 is 11.6 Å². The van der Waals surface area contributed by atoms with Gasteiger partial charge in [0.15, 0.2) is 15.6 Å². The maximum Gasteiger partial charge on any atom is 0.390 e. The lowest BCUT2D eigenvalue weighted by molar-refractivity contribution is -0.136. The predicted octanol–water partition coefficient (Wildman–Crippen LogP) is 3.54. The number of ketones is 1. The first-order chi connectivity index (χ1) is 12.5. The number of aromatic nitrogens is 2. The summed E-state index contributed by atoms with van der Waals surface area (Å²) in [6.45, 7) is 1.68. The van der Waals surface area contributed by atoms with Gasteiger partial charge >= 0.3 is 6.18 Å². The summed E-state index contributed by atoms with van der Waals surface area (Å²) in [6.07, 6.45) is -4.57. The highest BCUT2D eigenvalue weighted by atomic mass is 35.5. The van der Waals surface area contributed by atoms with Crippen molar-refractivity contribution in [1.82, 2.24) is 9.55 Å². The van der Waals surface area contributed by atoms with Gasteiger partial charge in [-0.3, -0.25) is 4.79 Å². The van der Waals surface area contributed by atoms with Gasteiger partial charge in [0.1, 0.15) is 22.3 Å². The first-order valence-corrected chi connectivity index (χ1v) is 9.82. The fourth-order valence-corrected chi connectivity index (χ4v) is 3.67. The number of sulfone groups is 1. The van der Waals surface area contributed by atoms with Crippen molar-refractivity contribution in [3.63, 3.8) is 0 Å². The summed E-state index contributed by atoms with van der Waals surface area (Å²) >= 11 is 5.88. The molecule has 0 bridgehead atoms. The third kappa shape index (κ3) is 5.70. The fraction of sp³-hybridized carbons (Fsp3) is 0.375. The van der Waals surface area contributed by atoms with E-state index in [-0.39, 0.29) is 15.7 Å². The molecule has 0 aliphatic heterocycles. The minimum absolute atomic E-state index is 0.0908. The Morgan fingerprint density at radius 1 is 1.26 bits per heavy atom. The monoisotopic (exact) mass is 424 g/mol. The number of rotatable bonds is 8. The molecular weight excluding hydrogens is 409 g/mol. The number of ether oxygens (including phenoxy) is 1. The third-order valence-corrected chi connectivity index (χ3v) is 5.52. The Morgan fingerprint density at radius 3 is 2.44 bits per heavy atom. The lowest BCUT2D eigenvalue weighted by atomic mass is 10.3. The van der Waals surface area contributed by atoms with Crippen LogP contribution in [0.2, 0.25) is 5.15 Å². The number of hydrogen-bond donors (Lipinski definition) is 0. The molecule has 11 heteroatoms. The second-order valence-corrected chi connectivity index (χ2v) is 7.88. The Kier molecular flexibility index (Phi) is 6.53. The summed E-state index contributed by atoms with van der Waals surface area (Å²) in [5, 5.41) is -0.328. The molecule has 1 aromatic carbocycles. The lowest BCUT2D eigenvalue weighted by Gasteiger charge is -2.08. The van der Waals surface area contributed by atoms with Gasteiger partial charge in [0, 0.05) is 6.54 Å². The molecule has 1 heterocycles. The highest BCUT2D eigenvalue weighted by Crippen LogP contribution is 2.24. The summed E-state index contributed by atoms with van der Waals surface area (Å²) in [5.41, 5.74) is -0.381. The van der Waals surface area contributed by atoms with Gasteiger partial charge in [-0.15, -0.1) is 0 Å². The lowest BCUT2D eigenvalue weighted by Crippen LogP contribution is -2.17. The molecule has 2 aromatic rings. The molecule has 148 valence electrons. The van der Waals surface area contributed by atoms with Crippen LogP contribution in [0, 0.1) is 0 Å². The number of nitrogens with zero attached hydrogens (tertiary/aromatic N) is 2. The summed E-state index contributed by atoms with van der Waals surface area (Å²) < 4.78 is 67.8. The van der Waals surface area contributed by atoms with Gasteiger partial charge in [0.25, 0.3) is 0 Å². The molecule has 2 rings (SSSR count). The summed E-state index contributed by atoms with van der Waals surface area (Å²) in [5.74, 6) is -1.33. The first kappa shape index (κ1) is 21.2. The molecule has 0 saturated heterocycles. The number of imidazole rings is 1. The molecule has 0 amide bonds. The molecule has 6 nitrogen and oxygen atoms in total. The second kappa shape index (κ2) is 8.30. The molecule has 0 saturated carbocycles. The molecule has 1 aromatic heterocycles. The molecule has 0 fully saturated rings. The van der Waals surface area contributed by atoms with E-state index < -0.39 is 40.5 Å². The van der Waals surface area contributed by atoms with Crippen molar-refractivity contribution in [2.75, 3.05) is 12.4 Å². The predicted molar refractivity (Wildman–Crippen MR) is 91.9 cm³/mol. The van der Waals surface area contributed by atoms with Gasteiger partial charge in [0.05, 0.1) is 24.3 Å². The largest absolute Gasteiger partial charge is 0.494 e. The normalized spacial score (nSPS) is 12.2. The number of halogens is 4. The average Bonchev–Trinajstić information content (AvgIpc) is 2.94. The van der Waals surface area contributed by atoms with Crippen LogP contribution in [0.15, 0.2) is 35.5 Å². The Morgan fingerprint density at radius 2 is 1.89 bits per heavy atom. The van der Waals surface area contributed by atoms with E-state index in [0.29, 0.717) is 12.4 Å². The zero-order valence-corrected chi connectivity index (χ0v) is 15.7. The Bertz CT molecular complexity index is 909. The minimum Gasteiger partial charge on any atom is -0.494 e. The van der Waals surface area contributed by atoms with Crippen LogP contribution in [-0.4, -0.2) is 42.3 Å². The highest BCUT2D eigenvalue weighted by molar-refractivity contribution is 7.92. The van der Waals surface area contributed by atoms with E-state index >= 15 is 0 Å². The average molecular weight is 425 g/mol. The fourth-order valence-electron chi connectivity index (χ4n) is 2.19. The van der Waals surface area contributed by atoms with Crippen molar-refractivity contribution >= 4 is 27.2 Å². The van der Waals surface area contributed by atoms with Crippen molar-refractivity contribution in [1.29, 1.82) is 0 Å². The van der Waals surface area contributed by atoms with Crippen LogP contribution in [0.1, 0.15) is 23.8 Å². The van der Waals surface area contributed by atoms with Crippen LogP contribution in [0.3, 0.4) is 0 Å². The van der Waals surface area contributed by atoms with Gasteiger partial charge in [-0.1, -0.05) is 11.6 Å². The van der Waals surface area contributed by atoms with Gasteiger partial charge in [-0.2, -0.15) is 13.2 Å². The SMILES string of the molecule is CCOc1ccc(S(=O)(=O)CC(=O)c2ncn(CCC(F)(F)F)c2Cl)cc1. The zero-order chi connectivity index (χ0) is 20.2. The highest BCUT2D eigenvalue weighted by Gasteiger charge is 2.29. The van der Waals surface area contributed by atoms with Gasteiger partial charge in [0.2, 0.25) is 0 Å². The first-order valence-electron chi connectivity index (χ1n) is 7.79. The van der Waals surface area contributed by atoms with Crippen LogP contribution in [-0.2, 0) is 16.4 Å². The van der Waals surface area contributed by atoms with Crippen LogP contribution in [0.4, 0.5) is 13.2 Å². The van der Waals surface area contributed by atoms with E-state index in [1.54, 1.807) is 6.92 Å². The van der Waals surface area contributed by atoms with Crippen molar-refractivity contribution in [3.8, 4) is 5.75 Å². The molecule has 27 heavy (non-hydrogen) atoms. The maximum atomic E-state index is 12.4. The van der Waals surface area contributed by atoms with Crippen LogP contribution < -0.4 is 4.74 Å². The Hall–Kier alpha value is -2.07. The van der Waals surface area contributed by atoms with E-state index in [1.807, 2.05) is 0 Å². The molecule has 0 spiro atoms. The summed E-state index contributed by atoms with van der Waals surface area (Å²) in [7, 11) is -3.98.